The van der Waals surface area contributed by atoms with Crippen molar-refractivity contribution in [2.75, 3.05) is 69.9 Å². The van der Waals surface area contributed by atoms with E-state index < -0.39 is 11.1 Å². The number of carbonyl (C=O) groups is 3. The van der Waals surface area contributed by atoms with E-state index >= 15 is 0 Å². The summed E-state index contributed by atoms with van der Waals surface area (Å²) in [5.41, 5.74) is 17.8. The van der Waals surface area contributed by atoms with E-state index in [9.17, 15) is 29.7 Å². The van der Waals surface area contributed by atoms with E-state index in [2.05, 4.69) is 125 Å². The molecular formula is C83H88N18O6. The van der Waals surface area contributed by atoms with Gasteiger partial charge in [0.1, 0.15) is 28.7 Å². The molecule has 0 unspecified atom stereocenters. The Labute approximate surface area is 620 Å². The maximum Gasteiger partial charge on any atom is 0.254 e. The number of piperidine rings is 3. The number of hydrogen-bond donors (Lipinski definition) is 9. The van der Waals surface area contributed by atoms with Crippen LogP contribution < -0.4 is 46.6 Å². The molecule has 24 nitrogen and oxygen atoms in total. The van der Waals surface area contributed by atoms with Gasteiger partial charge in [-0.1, -0.05) is 24.3 Å². The van der Waals surface area contributed by atoms with Crippen molar-refractivity contribution >= 4 is 102 Å². The second-order valence-corrected chi connectivity index (χ2v) is 29.9. The number of pyridine rings is 6. The minimum absolute atomic E-state index is 0.0830. The highest BCUT2D eigenvalue weighted by atomic mass is 16.3. The first-order valence-corrected chi connectivity index (χ1v) is 36.8. The summed E-state index contributed by atoms with van der Waals surface area (Å²) in [6, 6.07) is 36.4. The highest BCUT2D eigenvalue weighted by Gasteiger charge is 2.40. The first-order chi connectivity index (χ1) is 51.7. The molecule has 18 rings (SSSR count). The van der Waals surface area contributed by atoms with Crippen LogP contribution in [0.2, 0.25) is 0 Å². The van der Waals surface area contributed by atoms with Crippen LogP contribution in [0.3, 0.4) is 0 Å². The first kappa shape index (κ1) is 69.6. The van der Waals surface area contributed by atoms with Crippen molar-refractivity contribution in [1.82, 2.24) is 59.6 Å². The number of rotatable bonds is 13. The molecule has 3 aromatic carbocycles. The Hall–Kier alpha value is -11.7. The molecular weight excluding hydrogens is 1350 g/mol. The molecule has 0 spiro atoms. The van der Waals surface area contributed by atoms with Gasteiger partial charge < -0.3 is 75.6 Å². The Kier molecular flexibility index (Phi) is 18.4. The van der Waals surface area contributed by atoms with Crippen LogP contribution in [0.15, 0.2) is 165 Å². The lowest BCUT2D eigenvalue weighted by molar-refractivity contribution is 0.0110. The lowest BCUT2D eigenvalue weighted by Gasteiger charge is -2.39. The van der Waals surface area contributed by atoms with E-state index in [4.69, 9.17) is 4.98 Å². The van der Waals surface area contributed by atoms with Crippen LogP contribution in [0.1, 0.15) is 114 Å². The van der Waals surface area contributed by atoms with Gasteiger partial charge in [-0.15, -0.1) is 0 Å². The number of aliphatic hydroxyl groups excluding tert-OH is 2. The fourth-order valence-corrected chi connectivity index (χ4v) is 16.2. The fourth-order valence-electron chi connectivity index (χ4n) is 16.2. The number of aryl methyl sites for hydroxylation is 3. The van der Waals surface area contributed by atoms with Crippen molar-refractivity contribution in [2.45, 2.75) is 103 Å². The van der Waals surface area contributed by atoms with E-state index in [1.165, 1.54) is 0 Å². The van der Waals surface area contributed by atoms with Crippen LogP contribution in [0.25, 0.3) is 66.5 Å². The van der Waals surface area contributed by atoms with Crippen LogP contribution in [0, 0.1) is 5.92 Å². The Morgan fingerprint density at radius 3 is 1.54 bits per heavy atom. The number of aromatic nitrogens is 9. The highest BCUT2D eigenvalue weighted by molar-refractivity contribution is 6.10. The standard InChI is InChI=1S/C29H32N6O2.C28H30N6O2.C26H26N6O2/c1-29(2,37)18-5-4-13-35(17-18)19-6-9-25(31-15-19)33-24-8-7-20(23-16-32-28(36)26(23)24)21-10-12-30-27-22(21)11-14-34(27)3;1-28(2)25-20(19-8-12-29-26-21(19)11-13-33(26)3)5-6-22(24(25)27(36)32-28)31-23-7-4-17(16-30-23)34-14-9-18(35)10-15-34;1-31-10-9-18-19(3-2-4-22(18)31)25-20-14-29-26(34)24(20)21(15-28-25)30-23-6-5-16(13-27-23)32-11-7-17(33)8-12-32/h6-12,14-15,18,37H,4-5,13,16-17H2,1-3H3,(H,31,33)(H,32,36);4-8,11-13,16,18,35H,9-10,14-15H2,1-3H3,(H,30,31)(H,32,36);2-6,9-10,13,15,17,33H,7-8,11-12,14H2,1H3,(H,27,30)(H,29,34)/t18-;;/m0../s1. The summed E-state index contributed by atoms with van der Waals surface area (Å²) in [7, 11) is 5.99. The van der Waals surface area contributed by atoms with Gasteiger partial charge in [-0.25, -0.2) is 24.9 Å². The Morgan fingerprint density at radius 1 is 0.477 bits per heavy atom. The molecule has 107 heavy (non-hydrogen) atoms. The van der Waals surface area contributed by atoms with Gasteiger partial charge >= 0.3 is 0 Å². The van der Waals surface area contributed by atoms with Crippen LogP contribution in [0.5, 0.6) is 0 Å². The van der Waals surface area contributed by atoms with Crippen LogP contribution in [0.4, 0.5) is 51.6 Å². The molecule has 0 saturated carbocycles. The van der Waals surface area contributed by atoms with Gasteiger partial charge in [0.05, 0.1) is 105 Å². The normalized spacial score (nSPS) is 17.0. The number of nitrogens with one attached hydrogen (secondary N) is 6. The fraction of sp³-hybridized carbons (Fsp3) is 0.313. The zero-order chi connectivity index (χ0) is 74.0. The smallest absolute Gasteiger partial charge is 0.254 e. The van der Waals surface area contributed by atoms with Gasteiger partial charge in [-0.05, 0) is 185 Å². The molecule has 12 aromatic rings. The second kappa shape index (κ2) is 28.3. The molecule has 24 heteroatoms. The molecule has 6 aliphatic heterocycles. The molecule has 546 valence electrons. The summed E-state index contributed by atoms with van der Waals surface area (Å²) in [6.07, 6.45) is 21.7. The van der Waals surface area contributed by atoms with Gasteiger partial charge in [0.2, 0.25) is 0 Å². The van der Waals surface area contributed by atoms with Crippen LogP contribution >= 0.6 is 0 Å². The lowest BCUT2D eigenvalue weighted by atomic mass is 9.84. The number of fused-ring (bicyclic) bond motifs is 6. The van der Waals surface area contributed by atoms with Gasteiger partial charge in [0, 0.05) is 143 Å². The number of hydrogen-bond acceptors (Lipinski definition) is 18. The minimum atomic E-state index is -0.691. The molecule has 9 aromatic heterocycles. The molecule has 3 saturated heterocycles. The van der Waals surface area contributed by atoms with Crippen molar-refractivity contribution in [2.24, 2.45) is 27.1 Å². The number of amides is 3. The van der Waals surface area contributed by atoms with Crippen molar-refractivity contribution in [3.8, 4) is 33.5 Å². The molecule has 0 radical (unpaired) electrons. The number of nitrogens with zero attached hydrogens (tertiary/aromatic N) is 12. The average Bonchev–Trinajstić information content (AvgIpc) is 1.60. The first-order valence-electron chi connectivity index (χ1n) is 36.8. The average molecular weight is 1430 g/mol. The summed E-state index contributed by atoms with van der Waals surface area (Å²) >= 11 is 0. The third-order valence-electron chi connectivity index (χ3n) is 22.1. The molecule has 9 N–H and O–H groups in total. The molecule has 6 aliphatic rings. The number of anilines is 9. The van der Waals surface area contributed by atoms with Gasteiger partial charge in [0.25, 0.3) is 17.7 Å². The maximum absolute atomic E-state index is 13.2. The molecule has 3 fully saturated rings. The van der Waals surface area contributed by atoms with E-state index in [0.29, 0.717) is 52.9 Å². The SMILES string of the molecule is Cn1ccc2c(-c3ccc(Nc4ccc(N5CCC(O)CC5)cn4)c4c3C(C)(C)NC4=O)ccnc21.Cn1ccc2c(-c3ccc(Nc4ccc(N5CCC[C@H](C(C)(C)O)C5)cn4)c4c3CNC4=O)ccnc21.Cn1ccc2c(-c3ncc(Nc4ccc(N5CCC(O)CC5)cn4)c4c3CNC4=O)cccc21. The zero-order valence-corrected chi connectivity index (χ0v) is 61.2. The van der Waals surface area contributed by atoms with Crippen molar-refractivity contribution in [3.63, 3.8) is 0 Å². The minimum Gasteiger partial charge on any atom is -0.393 e. The molecule has 0 bridgehead atoms. The monoisotopic (exact) mass is 1430 g/mol. The van der Waals surface area contributed by atoms with Crippen molar-refractivity contribution in [1.29, 1.82) is 0 Å². The van der Waals surface area contributed by atoms with Crippen LogP contribution in [-0.2, 0) is 39.8 Å². The van der Waals surface area contributed by atoms with Gasteiger partial charge in [-0.3, -0.25) is 19.4 Å². The van der Waals surface area contributed by atoms with Gasteiger partial charge in [0.15, 0.2) is 0 Å². The van der Waals surface area contributed by atoms with Crippen molar-refractivity contribution < 1.29 is 29.7 Å². The molecule has 1 atom stereocenters. The summed E-state index contributed by atoms with van der Waals surface area (Å²) < 4.78 is 6.09. The van der Waals surface area contributed by atoms with Gasteiger partial charge in [-0.2, -0.15) is 0 Å². The summed E-state index contributed by atoms with van der Waals surface area (Å²) in [5.74, 6) is 1.96. The maximum atomic E-state index is 13.2. The highest BCUT2D eigenvalue weighted by Crippen LogP contribution is 2.46. The van der Waals surface area contributed by atoms with E-state index in [0.717, 1.165) is 189 Å². The molecule has 15 heterocycles. The predicted molar refractivity (Wildman–Crippen MR) is 420 cm³/mol. The number of aliphatic hydroxyl groups is 3. The van der Waals surface area contributed by atoms with E-state index in [1.54, 1.807) is 6.20 Å². The third-order valence-corrected chi connectivity index (χ3v) is 22.1. The van der Waals surface area contributed by atoms with Crippen molar-refractivity contribution in [3.05, 3.63) is 198 Å². The molecule has 0 aliphatic carbocycles. The summed E-state index contributed by atoms with van der Waals surface area (Å²) in [5, 5.41) is 52.4. The molecule has 3 amide bonds. The Morgan fingerprint density at radius 2 is 0.981 bits per heavy atom. The Balaban J connectivity index is 0.000000123. The lowest BCUT2D eigenvalue weighted by Crippen LogP contribution is -2.44. The quantitative estimate of drug-likeness (QED) is 0.0518. The van der Waals surface area contributed by atoms with E-state index in [-0.39, 0.29) is 35.8 Å². The summed E-state index contributed by atoms with van der Waals surface area (Å²) in [6.45, 7) is 13.9. The number of carbonyl (C=O) groups excluding carboxylic acids is 3. The second-order valence-electron chi connectivity index (χ2n) is 29.9. The third kappa shape index (κ3) is 13.6. The topological polar surface area (TPSA) is 286 Å². The largest absolute Gasteiger partial charge is 0.393 e. The number of benzene rings is 3. The van der Waals surface area contributed by atoms with E-state index in [1.807, 2.05) is 168 Å². The Bertz CT molecular complexity index is 5390. The summed E-state index contributed by atoms with van der Waals surface area (Å²) in [4.78, 5) is 73.3. The predicted octanol–water partition coefficient (Wildman–Crippen LogP) is 12.5. The van der Waals surface area contributed by atoms with Crippen LogP contribution in [-0.4, -0.2) is 134 Å². The zero-order valence-electron chi connectivity index (χ0n) is 61.2.